The maximum atomic E-state index is 4.66. The molecule has 1 aliphatic heterocycles. The number of nitrogens with zero attached hydrogens (tertiary/aromatic N) is 4. The number of hydrogen-bond acceptors (Lipinski definition) is 3. The van der Waals surface area contributed by atoms with Crippen molar-refractivity contribution in [3.05, 3.63) is 48.4 Å². The monoisotopic (exact) mass is 292 g/mol. The maximum Gasteiger partial charge on any atom is 0.137 e. The largest absolute Gasteiger partial charge is 0.357 e. The molecule has 4 rings (SSSR count). The van der Waals surface area contributed by atoms with Crippen molar-refractivity contribution < 1.29 is 0 Å². The van der Waals surface area contributed by atoms with Crippen LogP contribution >= 0.6 is 0 Å². The lowest BCUT2D eigenvalue weighted by atomic mass is 10.1. The number of fused-ring (bicyclic) bond motifs is 1. The first kappa shape index (κ1) is 13.3. The van der Waals surface area contributed by atoms with Gasteiger partial charge >= 0.3 is 0 Å². The van der Waals surface area contributed by atoms with Gasteiger partial charge in [0.15, 0.2) is 0 Å². The lowest BCUT2D eigenvalue weighted by molar-refractivity contribution is 0.573. The second kappa shape index (κ2) is 5.44. The van der Waals surface area contributed by atoms with Crippen molar-refractivity contribution in [1.29, 1.82) is 0 Å². The molecule has 0 N–H and O–H groups in total. The number of aryl methyl sites for hydroxylation is 1. The molecule has 1 aliphatic rings. The van der Waals surface area contributed by atoms with Gasteiger partial charge in [-0.2, -0.15) is 0 Å². The summed E-state index contributed by atoms with van der Waals surface area (Å²) in [4.78, 5) is 11.6. The molecule has 0 radical (unpaired) electrons. The highest BCUT2D eigenvalue weighted by molar-refractivity contribution is 5.69. The van der Waals surface area contributed by atoms with Gasteiger partial charge in [0.2, 0.25) is 0 Å². The van der Waals surface area contributed by atoms with Gasteiger partial charge in [-0.25, -0.2) is 9.97 Å². The summed E-state index contributed by atoms with van der Waals surface area (Å²) >= 11 is 0. The minimum Gasteiger partial charge on any atom is -0.357 e. The van der Waals surface area contributed by atoms with Crippen molar-refractivity contribution in [2.45, 2.75) is 26.2 Å². The van der Waals surface area contributed by atoms with Crippen LogP contribution in [0.1, 0.15) is 25.0 Å². The zero-order valence-electron chi connectivity index (χ0n) is 12.9. The standard InChI is InChI=1S/C18H20N4/c1-14-18(22-12-6-3-7-16(22)20-14)15-8-9-19-17(13-15)21-10-4-2-5-11-21/h3,6-9,12-13H,2,4-5,10-11H2,1H3. The normalized spacial score (nSPS) is 15.4. The van der Waals surface area contributed by atoms with E-state index < -0.39 is 0 Å². The topological polar surface area (TPSA) is 33.4 Å². The van der Waals surface area contributed by atoms with Crippen LogP contribution in [-0.4, -0.2) is 27.5 Å². The van der Waals surface area contributed by atoms with Crippen molar-refractivity contribution in [3.8, 4) is 11.3 Å². The fourth-order valence-electron chi connectivity index (χ4n) is 3.32. The van der Waals surface area contributed by atoms with Crippen LogP contribution in [0, 0.1) is 6.92 Å². The van der Waals surface area contributed by atoms with Gasteiger partial charge in [-0.3, -0.25) is 4.40 Å². The Kier molecular flexibility index (Phi) is 3.29. The first-order chi connectivity index (χ1) is 10.8. The maximum absolute atomic E-state index is 4.66. The van der Waals surface area contributed by atoms with Crippen LogP contribution in [0.2, 0.25) is 0 Å². The van der Waals surface area contributed by atoms with Crippen molar-refractivity contribution in [3.63, 3.8) is 0 Å². The lowest BCUT2D eigenvalue weighted by Crippen LogP contribution is -2.30. The van der Waals surface area contributed by atoms with E-state index in [1.165, 1.54) is 24.8 Å². The van der Waals surface area contributed by atoms with Crippen molar-refractivity contribution in [2.24, 2.45) is 0 Å². The Morgan fingerprint density at radius 1 is 1.05 bits per heavy atom. The summed E-state index contributed by atoms with van der Waals surface area (Å²) in [5.41, 5.74) is 4.40. The molecule has 0 amide bonds. The number of anilines is 1. The molecular weight excluding hydrogens is 272 g/mol. The molecule has 4 heterocycles. The minimum atomic E-state index is 0.992. The Balaban J connectivity index is 1.80. The van der Waals surface area contributed by atoms with E-state index >= 15 is 0 Å². The zero-order chi connectivity index (χ0) is 14.9. The summed E-state index contributed by atoms with van der Waals surface area (Å²) < 4.78 is 2.16. The number of piperidine rings is 1. The molecule has 112 valence electrons. The smallest absolute Gasteiger partial charge is 0.137 e. The van der Waals surface area contributed by atoms with Crippen molar-refractivity contribution >= 4 is 11.5 Å². The molecule has 3 aromatic rings. The van der Waals surface area contributed by atoms with Gasteiger partial charge in [-0.1, -0.05) is 6.07 Å². The van der Waals surface area contributed by atoms with E-state index in [2.05, 4.69) is 44.5 Å². The van der Waals surface area contributed by atoms with Gasteiger partial charge in [-0.05, 0) is 50.5 Å². The molecule has 1 fully saturated rings. The molecule has 4 nitrogen and oxygen atoms in total. The average molecular weight is 292 g/mol. The molecule has 0 unspecified atom stereocenters. The van der Waals surface area contributed by atoms with Gasteiger partial charge < -0.3 is 4.90 Å². The molecule has 0 spiro atoms. The molecule has 22 heavy (non-hydrogen) atoms. The minimum absolute atomic E-state index is 0.992. The summed E-state index contributed by atoms with van der Waals surface area (Å²) in [5, 5.41) is 0. The number of hydrogen-bond donors (Lipinski definition) is 0. The van der Waals surface area contributed by atoms with Gasteiger partial charge in [-0.15, -0.1) is 0 Å². The zero-order valence-corrected chi connectivity index (χ0v) is 12.9. The van der Waals surface area contributed by atoms with Crippen LogP contribution in [-0.2, 0) is 0 Å². The van der Waals surface area contributed by atoms with Gasteiger partial charge in [0, 0.05) is 31.0 Å². The van der Waals surface area contributed by atoms with Crippen molar-refractivity contribution in [2.75, 3.05) is 18.0 Å². The second-order valence-corrected chi connectivity index (χ2v) is 5.93. The SMILES string of the molecule is Cc1nc2ccccn2c1-c1ccnc(N2CCCCC2)c1. The third-order valence-electron chi connectivity index (χ3n) is 4.40. The van der Waals surface area contributed by atoms with E-state index in [9.17, 15) is 0 Å². The van der Waals surface area contributed by atoms with E-state index in [-0.39, 0.29) is 0 Å². The van der Waals surface area contributed by atoms with Crippen LogP contribution < -0.4 is 4.90 Å². The summed E-state index contributed by atoms with van der Waals surface area (Å²) in [7, 11) is 0. The molecule has 3 aromatic heterocycles. The first-order valence-corrected chi connectivity index (χ1v) is 7.98. The average Bonchev–Trinajstić information content (AvgIpc) is 2.91. The fourth-order valence-corrected chi connectivity index (χ4v) is 3.32. The summed E-state index contributed by atoms with van der Waals surface area (Å²) in [6.07, 6.45) is 7.86. The molecule has 0 aliphatic carbocycles. The Hall–Kier alpha value is -2.36. The van der Waals surface area contributed by atoms with Gasteiger partial charge in [0.25, 0.3) is 0 Å². The Morgan fingerprint density at radius 3 is 2.77 bits per heavy atom. The number of pyridine rings is 2. The number of rotatable bonds is 2. The second-order valence-electron chi connectivity index (χ2n) is 5.93. The van der Waals surface area contributed by atoms with E-state index in [0.29, 0.717) is 0 Å². The van der Waals surface area contributed by atoms with Crippen LogP contribution in [0.4, 0.5) is 5.82 Å². The lowest BCUT2D eigenvalue weighted by Gasteiger charge is -2.27. The highest BCUT2D eigenvalue weighted by Gasteiger charge is 2.15. The first-order valence-electron chi connectivity index (χ1n) is 7.98. The highest BCUT2D eigenvalue weighted by atomic mass is 15.2. The van der Waals surface area contributed by atoms with E-state index in [0.717, 1.165) is 35.9 Å². The molecular formula is C18H20N4. The molecule has 0 aromatic carbocycles. The highest BCUT2D eigenvalue weighted by Crippen LogP contribution is 2.28. The van der Waals surface area contributed by atoms with Crippen molar-refractivity contribution in [1.82, 2.24) is 14.4 Å². The Bertz CT molecular complexity index is 800. The van der Waals surface area contributed by atoms with Crippen LogP contribution in [0.5, 0.6) is 0 Å². The Labute approximate surface area is 130 Å². The summed E-state index contributed by atoms with van der Waals surface area (Å²) in [6, 6.07) is 10.4. The third-order valence-corrected chi connectivity index (χ3v) is 4.40. The number of imidazole rings is 1. The summed E-state index contributed by atoms with van der Waals surface area (Å²) in [5.74, 6) is 1.09. The fraction of sp³-hybridized carbons (Fsp3) is 0.333. The van der Waals surface area contributed by atoms with E-state index in [4.69, 9.17) is 0 Å². The summed E-state index contributed by atoms with van der Waals surface area (Å²) in [6.45, 7) is 4.30. The molecule has 1 saturated heterocycles. The third kappa shape index (κ3) is 2.25. The molecule has 0 saturated carbocycles. The van der Waals surface area contributed by atoms with Gasteiger partial charge in [0.1, 0.15) is 11.5 Å². The van der Waals surface area contributed by atoms with Crippen LogP contribution in [0.15, 0.2) is 42.7 Å². The number of aromatic nitrogens is 3. The predicted octanol–water partition coefficient (Wildman–Crippen LogP) is 3.70. The van der Waals surface area contributed by atoms with Crippen LogP contribution in [0.25, 0.3) is 16.9 Å². The molecule has 0 bridgehead atoms. The van der Waals surface area contributed by atoms with E-state index in [1.54, 1.807) is 0 Å². The quantitative estimate of drug-likeness (QED) is 0.722. The van der Waals surface area contributed by atoms with E-state index in [1.807, 2.05) is 24.4 Å². The Morgan fingerprint density at radius 2 is 1.91 bits per heavy atom. The predicted molar refractivity (Wildman–Crippen MR) is 89.2 cm³/mol. The van der Waals surface area contributed by atoms with Gasteiger partial charge in [0.05, 0.1) is 11.4 Å². The molecule has 0 atom stereocenters. The molecule has 4 heteroatoms. The van der Waals surface area contributed by atoms with Crippen LogP contribution in [0.3, 0.4) is 0 Å².